The number of nitro benzene ring substituents is 1. The van der Waals surface area contributed by atoms with E-state index in [4.69, 9.17) is 5.11 Å². The third-order valence-electron chi connectivity index (χ3n) is 4.60. The molecule has 146 valence electrons. The summed E-state index contributed by atoms with van der Waals surface area (Å²) in [6.45, 7) is 0.760. The minimum absolute atomic E-state index is 0.0331. The molecule has 9 nitrogen and oxygen atoms in total. The van der Waals surface area contributed by atoms with Crippen LogP contribution in [0.4, 0.5) is 5.69 Å². The molecule has 0 saturated carbocycles. The number of amides is 2. The van der Waals surface area contributed by atoms with Crippen LogP contribution in [0, 0.1) is 10.1 Å². The summed E-state index contributed by atoms with van der Waals surface area (Å²) in [5.74, 6) is -1.38. The van der Waals surface area contributed by atoms with Crippen molar-refractivity contribution >= 4 is 23.5 Å². The van der Waals surface area contributed by atoms with Crippen LogP contribution in [0.15, 0.2) is 24.3 Å². The lowest BCUT2D eigenvalue weighted by Gasteiger charge is -2.35. The first-order valence-electron chi connectivity index (χ1n) is 8.92. The number of nitrogens with one attached hydrogen (secondary N) is 1. The second-order valence-electron chi connectivity index (χ2n) is 6.48. The van der Waals surface area contributed by atoms with Crippen molar-refractivity contribution in [1.82, 2.24) is 10.2 Å². The Balaban J connectivity index is 1.82. The lowest BCUT2D eigenvalue weighted by molar-refractivity contribution is -0.384. The standard InChI is InChI=1S/C18H23N3O6/c22-16(20-12-2-1-3-14(20)8-9-17(23)24)10-11-19-18(25)13-4-6-15(7-5-13)21(26)27/h4-7,14H,1-3,8-12H2,(H,19,25)(H,23,24). The topological polar surface area (TPSA) is 130 Å². The molecule has 0 aliphatic carbocycles. The summed E-state index contributed by atoms with van der Waals surface area (Å²) >= 11 is 0. The van der Waals surface area contributed by atoms with E-state index in [1.807, 2.05) is 0 Å². The van der Waals surface area contributed by atoms with Gasteiger partial charge < -0.3 is 15.3 Å². The summed E-state index contributed by atoms with van der Waals surface area (Å²) in [5.41, 5.74) is 0.185. The number of carbonyl (C=O) groups excluding carboxylic acids is 2. The number of nitrogens with zero attached hydrogens (tertiary/aromatic N) is 2. The number of nitro groups is 1. The number of likely N-dealkylation sites (tertiary alicyclic amines) is 1. The normalized spacial score (nSPS) is 16.6. The van der Waals surface area contributed by atoms with Crippen LogP contribution in [-0.2, 0) is 9.59 Å². The van der Waals surface area contributed by atoms with E-state index in [1.54, 1.807) is 4.90 Å². The van der Waals surface area contributed by atoms with E-state index in [9.17, 15) is 24.5 Å². The molecule has 1 heterocycles. The molecule has 1 aromatic rings. The van der Waals surface area contributed by atoms with Gasteiger partial charge in [-0.15, -0.1) is 0 Å². The molecular weight excluding hydrogens is 354 g/mol. The van der Waals surface area contributed by atoms with Gasteiger partial charge in [0.1, 0.15) is 0 Å². The molecular formula is C18H23N3O6. The molecule has 9 heteroatoms. The zero-order chi connectivity index (χ0) is 19.8. The maximum Gasteiger partial charge on any atom is 0.303 e. The number of hydrogen-bond donors (Lipinski definition) is 2. The fourth-order valence-corrected chi connectivity index (χ4v) is 3.18. The molecule has 1 unspecified atom stereocenters. The summed E-state index contributed by atoms with van der Waals surface area (Å²) in [4.78, 5) is 47.1. The number of benzene rings is 1. The molecule has 0 radical (unpaired) electrons. The van der Waals surface area contributed by atoms with Crippen LogP contribution in [0.1, 0.15) is 48.9 Å². The molecule has 1 aliphatic heterocycles. The zero-order valence-electron chi connectivity index (χ0n) is 14.9. The molecule has 27 heavy (non-hydrogen) atoms. The van der Waals surface area contributed by atoms with Gasteiger partial charge in [-0.05, 0) is 37.8 Å². The third-order valence-corrected chi connectivity index (χ3v) is 4.60. The van der Waals surface area contributed by atoms with Gasteiger partial charge in [0.2, 0.25) is 5.91 Å². The number of carbonyl (C=O) groups is 3. The van der Waals surface area contributed by atoms with Crippen molar-refractivity contribution < 1.29 is 24.4 Å². The third kappa shape index (κ3) is 6.05. The predicted octanol–water partition coefficient (Wildman–Crippen LogP) is 1.96. The molecule has 0 bridgehead atoms. The molecule has 1 saturated heterocycles. The van der Waals surface area contributed by atoms with Gasteiger partial charge in [-0.3, -0.25) is 24.5 Å². The second kappa shape index (κ2) is 9.65. The Bertz CT molecular complexity index is 704. The van der Waals surface area contributed by atoms with Crippen LogP contribution >= 0.6 is 0 Å². The fourth-order valence-electron chi connectivity index (χ4n) is 3.18. The second-order valence-corrected chi connectivity index (χ2v) is 6.48. The number of piperidine rings is 1. The molecule has 1 atom stereocenters. The Hall–Kier alpha value is -2.97. The molecule has 0 spiro atoms. The van der Waals surface area contributed by atoms with Gasteiger partial charge in [0.25, 0.3) is 11.6 Å². The summed E-state index contributed by atoms with van der Waals surface area (Å²) in [5, 5.41) is 22.1. The number of aliphatic carboxylic acids is 1. The van der Waals surface area contributed by atoms with E-state index in [0.717, 1.165) is 19.3 Å². The lowest BCUT2D eigenvalue weighted by Crippen LogP contribution is -2.45. The Morgan fingerprint density at radius 3 is 2.52 bits per heavy atom. The van der Waals surface area contributed by atoms with Crippen molar-refractivity contribution in [2.24, 2.45) is 0 Å². The first-order chi connectivity index (χ1) is 12.9. The predicted molar refractivity (Wildman–Crippen MR) is 96.3 cm³/mol. The largest absolute Gasteiger partial charge is 0.481 e. The van der Waals surface area contributed by atoms with Gasteiger partial charge in [0.05, 0.1) is 4.92 Å². The minimum atomic E-state index is -0.872. The maximum atomic E-state index is 12.4. The van der Waals surface area contributed by atoms with Gasteiger partial charge in [-0.2, -0.15) is 0 Å². The van der Waals surface area contributed by atoms with Crippen molar-refractivity contribution in [3.05, 3.63) is 39.9 Å². The van der Waals surface area contributed by atoms with Gasteiger partial charge in [-0.1, -0.05) is 0 Å². The smallest absolute Gasteiger partial charge is 0.303 e. The van der Waals surface area contributed by atoms with Crippen LogP contribution in [0.2, 0.25) is 0 Å². The maximum absolute atomic E-state index is 12.4. The summed E-state index contributed by atoms with van der Waals surface area (Å²) in [6, 6.07) is 5.17. The summed E-state index contributed by atoms with van der Waals surface area (Å²) in [7, 11) is 0. The van der Waals surface area contributed by atoms with Crippen molar-refractivity contribution in [1.29, 1.82) is 0 Å². The van der Waals surface area contributed by atoms with E-state index in [0.29, 0.717) is 13.0 Å². The molecule has 1 aromatic carbocycles. The zero-order valence-corrected chi connectivity index (χ0v) is 14.9. The number of hydrogen-bond acceptors (Lipinski definition) is 5. The Kier molecular flexibility index (Phi) is 7.27. The van der Waals surface area contributed by atoms with Crippen LogP contribution in [0.25, 0.3) is 0 Å². The Morgan fingerprint density at radius 2 is 1.89 bits per heavy atom. The first-order valence-corrected chi connectivity index (χ1v) is 8.92. The van der Waals surface area contributed by atoms with Crippen molar-refractivity contribution in [2.45, 2.75) is 44.6 Å². The van der Waals surface area contributed by atoms with Crippen LogP contribution < -0.4 is 5.32 Å². The highest BCUT2D eigenvalue weighted by molar-refractivity contribution is 5.94. The number of non-ortho nitro benzene ring substituents is 1. The highest BCUT2D eigenvalue weighted by atomic mass is 16.6. The van der Waals surface area contributed by atoms with E-state index in [2.05, 4.69) is 5.32 Å². The van der Waals surface area contributed by atoms with Gasteiger partial charge in [0, 0.05) is 49.7 Å². The van der Waals surface area contributed by atoms with Crippen molar-refractivity contribution in [2.75, 3.05) is 13.1 Å². The first kappa shape index (κ1) is 20.3. The lowest BCUT2D eigenvalue weighted by atomic mass is 9.97. The van der Waals surface area contributed by atoms with Crippen LogP contribution in [-0.4, -0.2) is 51.8 Å². The average Bonchev–Trinajstić information content (AvgIpc) is 2.66. The highest BCUT2D eigenvalue weighted by Crippen LogP contribution is 2.21. The number of carboxylic acids is 1. The van der Waals surface area contributed by atoms with E-state index < -0.39 is 16.8 Å². The number of rotatable bonds is 8. The fraction of sp³-hybridized carbons (Fsp3) is 0.500. The van der Waals surface area contributed by atoms with E-state index in [1.165, 1.54) is 24.3 Å². The molecule has 1 fully saturated rings. The quantitative estimate of drug-likeness (QED) is 0.526. The van der Waals surface area contributed by atoms with Gasteiger partial charge in [0.15, 0.2) is 0 Å². The molecule has 0 aromatic heterocycles. The van der Waals surface area contributed by atoms with Crippen LogP contribution in [0.5, 0.6) is 0 Å². The SMILES string of the molecule is O=C(O)CCC1CCCCN1C(=O)CCNC(=O)c1ccc([N+](=O)[O-])cc1. The molecule has 2 N–H and O–H groups in total. The Morgan fingerprint density at radius 1 is 1.19 bits per heavy atom. The Labute approximate surface area is 156 Å². The highest BCUT2D eigenvalue weighted by Gasteiger charge is 2.26. The molecule has 2 amide bonds. The summed E-state index contributed by atoms with van der Waals surface area (Å²) < 4.78 is 0. The monoisotopic (exact) mass is 377 g/mol. The van der Waals surface area contributed by atoms with Crippen molar-refractivity contribution in [3.8, 4) is 0 Å². The summed E-state index contributed by atoms with van der Waals surface area (Å²) in [6.07, 6.45) is 3.27. The minimum Gasteiger partial charge on any atom is -0.481 e. The molecule has 1 aliphatic rings. The van der Waals surface area contributed by atoms with E-state index >= 15 is 0 Å². The van der Waals surface area contributed by atoms with Gasteiger partial charge >= 0.3 is 5.97 Å². The number of carboxylic acid groups (broad SMARTS) is 1. The van der Waals surface area contributed by atoms with Gasteiger partial charge in [-0.25, -0.2) is 0 Å². The average molecular weight is 377 g/mol. The van der Waals surface area contributed by atoms with Crippen LogP contribution in [0.3, 0.4) is 0 Å². The van der Waals surface area contributed by atoms with E-state index in [-0.39, 0.29) is 42.6 Å². The molecule has 2 rings (SSSR count). The van der Waals surface area contributed by atoms with Crippen molar-refractivity contribution in [3.63, 3.8) is 0 Å².